The third kappa shape index (κ3) is 5.06. The van der Waals surface area contributed by atoms with Crippen molar-refractivity contribution in [1.29, 1.82) is 0 Å². The van der Waals surface area contributed by atoms with Gasteiger partial charge in [0.25, 0.3) is 0 Å². The molecule has 0 amide bonds. The summed E-state index contributed by atoms with van der Waals surface area (Å²) in [7, 11) is 0. The monoisotopic (exact) mass is 757 g/mol. The third-order valence-corrected chi connectivity index (χ3v) is 8.19. The van der Waals surface area contributed by atoms with Gasteiger partial charge in [-0.15, -0.1) is 17.5 Å². The fraction of sp³-hybridized carbons (Fsp3) is 0.158. The third-order valence-electron chi connectivity index (χ3n) is 8.19. The Labute approximate surface area is 271 Å². The van der Waals surface area contributed by atoms with Gasteiger partial charge in [0.15, 0.2) is 0 Å². The maximum Gasteiger partial charge on any atom is 0.217 e. The molecule has 3 heterocycles. The van der Waals surface area contributed by atoms with Crippen LogP contribution in [0.3, 0.4) is 0 Å². The molecule has 0 bridgehead atoms. The first kappa shape index (κ1) is 29.6. The largest absolute Gasteiger partial charge is 0.506 e. The standard InChI is InChI=1S/C38H32N3O2.Pt/c1-22(2)26-16-17-39-35(20-26)41-32-9-7-6-8-28(32)29-11-10-27(21-33(29)41)43-36-15-13-31-30(12-14-34(42)38(31)40-36)37-24(4)18-23(3)19-25(37)5;/h6-20,22,42H,1-5H3;/q-1;. The molecular weight excluding hydrogens is 726 g/mol. The summed E-state index contributed by atoms with van der Waals surface area (Å²) in [6.07, 6.45) is 1.87. The number of para-hydroxylation sites is 1. The van der Waals surface area contributed by atoms with E-state index in [1.54, 1.807) is 6.07 Å². The Morgan fingerprint density at radius 3 is 2.34 bits per heavy atom. The van der Waals surface area contributed by atoms with Crippen LogP contribution in [0.4, 0.5) is 0 Å². The molecule has 7 aromatic rings. The Morgan fingerprint density at radius 2 is 1.57 bits per heavy atom. The molecule has 0 aliphatic carbocycles. The molecule has 0 unspecified atom stereocenters. The normalized spacial score (nSPS) is 11.4. The number of aromatic hydroxyl groups is 1. The van der Waals surface area contributed by atoms with E-state index in [4.69, 9.17) is 14.7 Å². The van der Waals surface area contributed by atoms with Crippen molar-refractivity contribution in [3.05, 3.63) is 119 Å². The number of benzene rings is 4. The van der Waals surface area contributed by atoms with Crippen molar-refractivity contribution in [2.24, 2.45) is 0 Å². The number of phenolic OH excluding ortho intramolecular Hbond substituents is 1. The molecule has 44 heavy (non-hydrogen) atoms. The summed E-state index contributed by atoms with van der Waals surface area (Å²) >= 11 is 0. The summed E-state index contributed by atoms with van der Waals surface area (Å²) in [5.41, 5.74) is 9.46. The number of phenols is 1. The molecule has 0 radical (unpaired) electrons. The minimum atomic E-state index is 0. The molecule has 0 atom stereocenters. The minimum Gasteiger partial charge on any atom is -0.506 e. The Kier molecular flexibility index (Phi) is 7.77. The van der Waals surface area contributed by atoms with E-state index in [9.17, 15) is 5.11 Å². The molecule has 0 saturated carbocycles. The zero-order chi connectivity index (χ0) is 29.8. The molecule has 1 N–H and O–H groups in total. The first-order valence-electron chi connectivity index (χ1n) is 14.6. The molecule has 0 saturated heterocycles. The van der Waals surface area contributed by atoms with Crippen molar-refractivity contribution in [1.82, 2.24) is 14.5 Å². The molecule has 7 rings (SSSR count). The summed E-state index contributed by atoms with van der Waals surface area (Å²) in [4.78, 5) is 9.49. The summed E-state index contributed by atoms with van der Waals surface area (Å²) in [6, 6.07) is 31.9. The average molecular weight is 758 g/mol. The van der Waals surface area contributed by atoms with Crippen molar-refractivity contribution in [3.8, 4) is 34.3 Å². The van der Waals surface area contributed by atoms with Crippen molar-refractivity contribution >= 4 is 32.7 Å². The van der Waals surface area contributed by atoms with Crippen LogP contribution in [0.2, 0.25) is 0 Å². The van der Waals surface area contributed by atoms with Gasteiger partial charge < -0.3 is 14.4 Å². The Bertz CT molecular complexity index is 2180. The van der Waals surface area contributed by atoms with Crippen LogP contribution in [0.25, 0.3) is 49.7 Å². The van der Waals surface area contributed by atoms with E-state index < -0.39 is 0 Å². The van der Waals surface area contributed by atoms with Crippen molar-refractivity contribution < 1.29 is 30.9 Å². The van der Waals surface area contributed by atoms with Crippen LogP contribution < -0.4 is 4.74 Å². The van der Waals surface area contributed by atoms with Crippen molar-refractivity contribution in [2.75, 3.05) is 0 Å². The number of aromatic nitrogens is 3. The first-order valence-corrected chi connectivity index (χ1v) is 14.6. The molecule has 5 nitrogen and oxygen atoms in total. The number of hydrogen-bond acceptors (Lipinski definition) is 4. The summed E-state index contributed by atoms with van der Waals surface area (Å²) in [5, 5.41) is 13.9. The SMILES string of the molecule is Cc1cc(C)c(-c2ccc(O)c3nc(Oc4[c-]c5c(cc4)c4ccccc4n5-c4cc(C(C)C)ccn4)ccc23)c(C)c1.[Pt]. The van der Waals surface area contributed by atoms with Crippen LogP contribution in [0.15, 0.2) is 91.1 Å². The summed E-state index contributed by atoms with van der Waals surface area (Å²) in [5.74, 6) is 2.25. The van der Waals surface area contributed by atoms with Gasteiger partial charge in [-0.1, -0.05) is 55.3 Å². The van der Waals surface area contributed by atoms with E-state index in [0.717, 1.165) is 44.1 Å². The Morgan fingerprint density at radius 1 is 0.818 bits per heavy atom. The van der Waals surface area contributed by atoms with Gasteiger partial charge in [-0.25, -0.2) is 9.97 Å². The number of aryl methyl sites for hydroxylation is 3. The van der Waals surface area contributed by atoms with E-state index >= 15 is 0 Å². The van der Waals surface area contributed by atoms with Gasteiger partial charge in [-0.3, -0.25) is 0 Å². The van der Waals surface area contributed by atoms with E-state index in [-0.39, 0.29) is 26.8 Å². The molecule has 0 fully saturated rings. The van der Waals surface area contributed by atoms with E-state index in [1.165, 1.54) is 22.3 Å². The number of pyridine rings is 2. The van der Waals surface area contributed by atoms with Gasteiger partial charge in [0, 0.05) is 50.0 Å². The Balaban J connectivity index is 0.00000343. The topological polar surface area (TPSA) is 60.2 Å². The average Bonchev–Trinajstić information content (AvgIpc) is 3.31. The predicted octanol–water partition coefficient (Wildman–Crippen LogP) is 9.74. The van der Waals surface area contributed by atoms with E-state index in [2.05, 4.69) is 87.7 Å². The fourth-order valence-corrected chi connectivity index (χ4v) is 6.26. The number of rotatable bonds is 5. The maximum absolute atomic E-state index is 10.8. The summed E-state index contributed by atoms with van der Waals surface area (Å²) < 4.78 is 8.44. The molecule has 0 aliphatic rings. The molecule has 0 spiro atoms. The van der Waals surface area contributed by atoms with Gasteiger partial charge in [0.05, 0.1) is 0 Å². The predicted molar refractivity (Wildman–Crippen MR) is 175 cm³/mol. The zero-order valence-corrected chi connectivity index (χ0v) is 27.5. The molecule has 4 aromatic carbocycles. The molecular formula is C38H32N3O2Pt-. The van der Waals surface area contributed by atoms with Crippen LogP contribution in [-0.2, 0) is 21.1 Å². The van der Waals surface area contributed by atoms with Gasteiger partial charge in [-0.05, 0) is 96.3 Å². The molecule has 6 heteroatoms. The summed E-state index contributed by atoms with van der Waals surface area (Å²) in [6.45, 7) is 10.7. The molecule has 222 valence electrons. The second-order valence-corrected chi connectivity index (χ2v) is 11.6. The molecule has 0 aliphatic heterocycles. The number of hydrogen-bond donors (Lipinski definition) is 1. The van der Waals surface area contributed by atoms with Crippen LogP contribution >= 0.6 is 0 Å². The smallest absolute Gasteiger partial charge is 0.217 e. The number of fused-ring (bicyclic) bond motifs is 4. The quantitative estimate of drug-likeness (QED) is 0.178. The van der Waals surface area contributed by atoms with Gasteiger partial charge in [-0.2, -0.15) is 6.07 Å². The molecule has 3 aromatic heterocycles. The van der Waals surface area contributed by atoms with Crippen molar-refractivity contribution in [3.63, 3.8) is 0 Å². The maximum atomic E-state index is 10.8. The van der Waals surface area contributed by atoms with Crippen LogP contribution in [0.5, 0.6) is 17.4 Å². The fourth-order valence-electron chi connectivity index (χ4n) is 6.26. The van der Waals surface area contributed by atoms with E-state index in [0.29, 0.717) is 23.1 Å². The van der Waals surface area contributed by atoms with Gasteiger partial charge in [0.2, 0.25) is 5.88 Å². The minimum absolute atomic E-state index is 0. The first-order chi connectivity index (χ1) is 20.8. The van der Waals surface area contributed by atoms with Crippen LogP contribution in [0, 0.1) is 26.8 Å². The number of nitrogens with zero attached hydrogens (tertiary/aromatic N) is 3. The van der Waals surface area contributed by atoms with Gasteiger partial charge >= 0.3 is 0 Å². The zero-order valence-electron chi connectivity index (χ0n) is 25.3. The van der Waals surface area contributed by atoms with E-state index in [1.807, 2.05) is 42.6 Å². The van der Waals surface area contributed by atoms with Crippen molar-refractivity contribution in [2.45, 2.75) is 40.5 Å². The van der Waals surface area contributed by atoms with Gasteiger partial charge in [0.1, 0.15) is 17.1 Å². The van der Waals surface area contributed by atoms with Crippen LogP contribution in [-0.4, -0.2) is 19.6 Å². The number of ether oxygens (including phenoxy) is 1. The second-order valence-electron chi connectivity index (χ2n) is 11.6. The Hall–Kier alpha value is -4.47. The second kappa shape index (κ2) is 11.6. The van der Waals surface area contributed by atoms with Crippen LogP contribution in [0.1, 0.15) is 42.0 Å².